The van der Waals surface area contributed by atoms with Gasteiger partial charge in [-0.1, -0.05) is 66.3 Å². The third kappa shape index (κ3) is 7.05. The standard InChI is InChI=1S/C24H34O2S4/c1-2-24(25)26-18-11-8-10-17(13-18)9-6-4-3-5-7-12-20-22(29-20)15-23-21-14-19(28-21)16-27-30-23/h8,10-11,13,19-23H,2-7,9,12,14-16H2,1H3. The number of hydrogen-bond acceptors (Lipinski definition) is 6. The third-order valence-corrected chi connectivity index (χ3v) is 12.7. The number of unbranched alkanes of at least 4 members (excludes halogenated alkanes) is 4. The molecule has 4 aliphatic heterocycles. The van der Waals surface area contributed by atoms with Crippen molar-refractivity contribution in [1.29, 1.82) is 0 Å². The number of esters is 1. The van der Waals surface area contributed by atoms with Crippen LogP contribution in [0.2, 0.25) is 0 Å². The predicted octanol–water partition coefficient (Wildman–Crippen LogP) is 7.40. The lowest BCUT2D eigenvalue weighted by molar-refractivity contribution is -0.134. The van der Waals surface area contributed by atoms with Gasteiger partial charge in [0, 0.05) is 38.4 Å². The molecule has 5 unspecified atom stereocenters. The lowest BCUT2D eigenvalue weighted by Crippen LogP contribution is -2.34. The lowest BCUT2D eigenvalue weighted by atomic mass is 10.0. The molecule has 2 bridgehead atoms. The molecule has 30 heavy (non-hydrogen) atoms. The Kier molecular flexibility index (Phi) is 9.15. The largest absolute Gasteiger partial charge is 0.427 e. The van der Waals surface area contributed by atoms with Crippen LogP contribution in [-0.2, 0) is 11.2 Å². The van der Waals surface area contributed by atoms with E-state index in [1.165, 1.54) is 62.7 Å². The summed E-state index contributed by atoms with van der Waals surface area (Å²) < 4.78 is 5.32. The number of benzene rings is 1. The van der Waals surface area contributed by atoms with Crippen molar-refractivity contribution in [3.05, 3.63) is 29.8 Å². The Balaban J connectivity index is 1.02. The van der Waals surface area contributed by atoms with E-state index in [0.717, 1.165) is 32.7 Å². The van der Waals surface area contributed by atoms with Gasteiger partial charge in [0.05, 0.1) is 0 Å². The SMILES string of the molecule is CCC(=O)Oc1cccc(CCCCCCCC2SC2CC2SSCC3CC2S3)c1. The number of rotatable bonds is 12. The zero-order chi connectivity index (χ0) is 20.8. The normalized spacial score (nSPS) is 29.7. The van der Waals surface area contributed by atoms with Crippen LogP contribution in [0.1, 0.15) is 70.3 Å². The van der Waals surface area contributed by atoms with E-state index in [2.05, 4.69) is 51.2 Å². The summed E-state index contributed by atoms with van der Waals surface area (Å²) in [4.78, 5) is 11.4. The van der Waals surface area contributed by atoms with Gasteiger partial charge in [0.1, 0.15) is 5.75 Å². The monoisotopic (exact) mass is 482 g/mol. The van der Waals surface area contributed by atoms with Crippen molar-refractivity contribution in [1.82, 2.24) is 0 Å². The summed E-state index contributed by atoms with van der Waals surface area (Å²) >= 11 is 4.54. The Morgan fingerprint density at radius 2 is 1.90 bits per heavy atom. The molecule has 0 amide bonds. The molecule has 0 aliphatic carbocycles. The van der Waals surface area contributed by atoms with E-state index in [-0.39, 0.29) is 5.97 Å². The van der Waals surface area contributed by atoms with Gasteiger partial charge in [0.25, 0.3) is 0 Å². The highest BCUT2D eigenvalue weighted by atomic mass is 33.1. The molecule has 4 saturated heterocycles. The summed E-state index contributed by atoms with van der Waals surface area (Å²) in [5.41, 5.74) is 1.28. The zero-order valence-corrected chi connectivity index (χ0v) is 21.2. The average molecular weight is 483 g/mol. The van der Waals surface area contributed by atoms with Crippen LogP contribution >= 0.6 is 45.1 Å². The predicted molar refractivity (Wildman–Crippen MR) is 137 cm³/mol. The number of carbonyl (C=O) groups is 1. The maximum Gasteiger partial charge on any atom is 0.310 e. The summed E-state index contributed by atoms with van der Waals surface area (Å²) in [6.07, 6.45) is 12.6. The lowest BCUT2D eigenvalue weighted by Gasteiger charge is -2.35. The summed E-state index contributed by atoms with van der Waals surface area (Å²) in [5.74, 6) is 1.90. The van der Waals surface area contributed by atoms with Crippen molar-refractivity contribution in [3.8, 4) is 5.75 Å². The molecule has 4 heterocycles. The molecule has 6 heteroatoms. The van der Waals surface area contributed by atoms with Gasteiger partial charge in [0.2, 0.25) is 0 Å². The van der Waals surface area contributed by atoms with Crippen LogP contribution < -0.4 is 4.74 Å². The number of ether oxygens (including phenoxy) is 1. The molecule has 4 aliphatic rings. The molecule has 1 aromatic carbocycles. The van der Waals surface area contributed by atoms with Crippen molar-refractivity contribution in [2.45, 2.75) is 97.4 Å². The molecule has 0 N–H and O–H groups in total. The summed E-state index contributed by atoms with van der Waals surface area (Å²) in [5, 5.41) is 4.80. The van der Waals surface area contributed by atoms with Crippen LogP contribution in [0.4, 0.5) is 0 Å². The Labute approximate surface area is 198 Å². The topological polar surface area (TPSA) is 26.3 Å². The number of fused-ring (bicyclic) bond motifs is 3. The zero-order valence-electron chi connectivity index (χ0n) is 17.9. The van der Waals surface area contributed by atoms with E-state index in [9.17, 15) is 4.79 Å². The van der Waals surface area contributed by atoms with Crippen molar-refractivity contribution in [3.63, 3.8) is 0 Å². The minimum absolute atomic E-state index is 0.161. The summed E-state index contributed by atoms with van der Waals surface area (Å²) in [7, 11) is 4.34. The van der Waals surface area contributed by atoms with Gasteiger partial charge in [0.15, 0.2) is 0 Å². The van der Waals surface area contributed by atoms with Crippen LogP contribution in [0.25, 0.3) is 0 Å². The van der Waals surface area contributed by atoms with Crippen LogP contribution in [-0.4, -0.2) is 38.0 Å². The first-order chi connectivity index (χ1) is 14.7. The van der Waals surface area contributed by atoms with Gasteiger partial charge in [-0.3, -0.25) is 4.79 Å². The Morgan fingerprint density at radius 3 is 2.77 bits per heavy atom. The van der Waals surface area contributed by atoms with Crippen molar-refractivity contribution >= 4 is 51.1 Å². The van der Waals surface area contributed by atoms with Crippen LogP contribution in [0, 0.1) is 0 Å². The van der Waals surface area contributed by atoms with Crippen molar-refractivity contribution < 1.29 is 9.53 Å². The molecular weight excluding hydrogens is 449 g/mol. The fourth-order valence-electron chi connectivity index (χ4n) is 4.34. The van der Waals surface area contributed by atoms with E-state index in [1.807, 2.05) is 25.1 Å². The van der Waals surface area contributed by atoms with Gasteiger partial charge >= 0.3 is 5.97 Å². The molecule has 166 valence electrons. The molecule has 5 rings (SSSR count). The second kappa shape index (κ2) is 11.8. The highest BCUT2D eigenvalue weighted by Crippen LogP contribution is 2.56. The first kappa shape index (κ1) is 23.3. The fraction of sp³-hybridized carbons (Fsp3) is 0.708. The minimum Gasteiger partial charge on any atom is -0.427 e. The van der Waals surface area contributed by atoms with Crippen molar-refractivity contribution in [2.24, 2.45) is 0 Å². The van der Waals surface area contributed by atoms with E-state index in [1.54, 1.807) is 0 Å². The maximum atomic E-state index is 11.4. The fourth-order valence-corrected chi connectivity index (χ4v) is 11.1. The maximum absolute atomic E-state index is 11.4. The molecule has 0 radical (unpaired) electrons. The van der Waals surface area contributed by atoms with E-state index in [4.69, 9.17) is 4.74 Å². The third-order valence-electron chi connectivity index (χ3n) is 6.25. The van der Waals surface area contributed by atoms with E-state index in [0.29, 0.717) is 12.2 Å². The van der Waals surface area contributed by atoms with Crippen LogP contribution in [0.15, 0.2) is 24.3 Å². The Hall–Kier alpha value is 0.0900. The van der Waals surface area contributed by atoms with Gasteiger partial charge in [-0.05, 0) is 49.8 Å². The second-order valence-electron chi connectivity index (χ2n) is 8.68. The summed E-state index contributed by atoms with van der Waals surface area (Å²) in [6.45, 7) is 1.83. The Morgan fingerprint density at radius 1 is 1.07 bits per heavy atom. The quantitative estimate of drug-likeness (QED) is 0.101. The second-order valence-corrected chi connectivity index (χ2v) is 14.4. The van der Waals surface area contributed by atoms with Crippen LogP contribution in [0.3, 0.4) is 0 Å². The van der Waals surface area contributed by atoms with Gasteiger partial charge in [-0.15, -0.1) is 0 Å². The molecule has 4 fully saturated rings. The molecule has 0 aromatic heterocycles. The van der Waals surface area contributed by atoms with E-state index >= 15 is 0 Å². The van der Waals surface area contributed by atoms with Gasteiger partial charge in [-0.25, -0.2) is 0 Å². The van der Waals surface area contributed by atoms with Crippen molar-refractivity contribution in [2.75, 3.05) is 5.75 Å². The number of thioether (sulfide) groups is 2. The average Bonchev–Trinajstić information content (AvgIpc) is 3.51. The first-order valence-corrected chi connectivity index (χ1v) is 15.9. The molecule has 0 saturated carbocycles. The molecule has 2 nitrogen and oxygen atoms in total. The molecule has 5 atom stereocenters. The molecular formula is C24H34O2S4. The molecule has 1 aromatic rings. The molecule has 0 spiro atoms. The van der Waals surface area contributed by atoms with E-state index < -0.39 is 0 Å². The van der Waals surface area contributed by atoms with Gasteiger partial charge < -0.3 is 4.74 Å². The number of aryl methyl sites for hydroxylation is 1. The minimum atomic E-state index is -0.161. The number of hydrogen-bond donors (Lipinski definition) is 0. The smallest absolute Gasteiger partial charge is 0.310 e. The van der Waals surface area contributed by atoms with Gasteiger partial charge in [-0.2, -0.15) is 23.5 Å². The van der Waals surface area contributed by atoms with Crippen LogP contribution in [0.5, 0.6) is 5.75 Å². The number of carbonyl (C=O) groups excluding carboxylic acids is 1. The Bertz CT molecular complexity index is 692. The first-order valence-electron chi connectivity index (χ1n) is 11.6. The highest BCUT2D eigenvalue weighted by molar-refractivity contribution is 8.77. The summed E-state index contributed by atoms with van der Waals surface area (Å²) in [6, 6.07) is 8.02. The highest BCUT2D eigenvalue weighted by Gasteiger charge is 2.45.